The Labute approximate surface area is 174 Å². The predicted molar refractivity (Wildman–Crippen MR) is 119 cm³/mol. The van der Waals surface area contributed by atoms with E-state index in [0.717, 1.165) is 36.5 Å². The van der Waals surface area contributed by atoms with Gasteiger partial charge in [0.15, 0.2) is 17.5 Å². The molecule has 0 aliphatic heterocycles. The number of benzene rings is 1. The minimum atomic E-state index is 0. The van der Waals surface area contributed by atoms with Crippen LogP contribution in [0.25, 0.3) is 0 Å². The van der Waals surface area contributed by atoms with Crippen LogP contribution in [-0.4, -0.2) is 56.8 Å². The molecule has 0 atom stereocenters. The molecule has 1 saturated carbocycles. The summed E-state index contributed by atoms with van der Waals surface area (Å²) in [6.07, 6.45) is 2.66. The SMILES string of the molecule is CCOc1ccc(NC(=NC)NCCN(C(C)C)C2CC2)cc1OC.I. The summed E-state index contributed by atoms with van der Waals surface area (Å²) in [5.74, 6) is 2.21. The summed E-state index contributed by atoms with van der Waals surface area (Å²) in [5.41, 5.74) is 0.913. The molecule has 0 radical (unpaired) electrons. The first kappa shape index (κ1) is 22.8. The van der Waals surface area contributed by atoms with Crippen molar-refractivity contribution in [2.45, 2.75) is 45.7 Å². The molecule has 0 spiro atoms. The van der Waals surface area contributed by atoms with E-state index in [4.69, 9.17) is 9.47 Å². The van der Waals surface area contributed by atoms with Gasteiger partial charge in [0.25, 0.3) is 0 Å². The summed E-state index contributed by atoms with van der Waals surface area (Å²) >= 11 is 0. The number of ether oxygens (including phenoxy) is 2. The topological polar surface area (TPSA) is 58.1 Å². The van der Waals surface area contributed by atoms with Crippen LogP contribution in [0.15, 0.2) is 23.2 Å². The Morgan fingerprint density at radius 1 is 1.31 bits per heavy atom. The molecule has 1 aromatic rings. The van der Waals surface area contributed by atoms with Crippen LogP contribution >= 0.6 is 24.0 Å². The Kier molecular flexibility index (Phi) is 10.1. The summed E-state index contributed by atoms with van der Waals surface area (Å²) in [6.45, 7) is 8.98. The minimum absolute atomic E-state index is 0. The molecule has 0 amide bonds. The van der Waals surface area contributed by atoms with Crippen molar-refractivity contribution in [3.8, 4) is 11.5 Å². The zero-order valence-corrected chi connectivity index (χ0v) is 18.9. The van der Waals surface area contributed by atoms with Crippen molar-refractivity contribution < 1.29 is 9.47 Å². The van der Waals surface area contributed by atoms with Gasteiger partial charge in [-0.3, -0.25) is 9.89 Å². The molecule has 26 heavy (non-hydrogen) atoms. The molecule has 1 aromatic carbocycles. The average molecular weight is 476 g/mol. The zero-order chi connectivity index (χ0) is 18.2. The monoisotopic (exact) mass is 476 g/mol. The number of hydrogen-bond donors (Lipinski definition) is 2. The smallest absolute Gasteiger partial charge is 0.195 e. The first-order valence-electron chi connectivity index (χ1n) is 9.13. The van der Waals surface area contributed by atoms with Crippen molar-refractivity contribution in [1.29, 1.82) is 0 Å². The van der Waals surface area contributed by atoms with Crippen molar-refractivity contribution in [3.63, 3.8) is 0 Å². The van der Waals surface area contributed by atoms with E-state index in [-0.39, 0.29) is 24.0 Å². The van der Waals surface area contributed by atoms with Crippen LogP contribution < -0.4 is 20.1 Å². The Bertz CT molecular complexity index is 575. The van der Waals surface area contributed by atoms with Crippen molar-refractivity contribution in [1.82, 2.24) is 10.2 Å². The van der Waals surface area contributed by atoms with Gasteiger partial charge in [-0.05, 0) is 45.7 Å². The maximum atomic E-state index is 5.55. The second-order valence-electron chi connectivity index (χ2n) is 6.49. The molecule has 0 heterocycles. The first-order chi connectivity index (χ1) is 12.1. The Hall–Kier alpha value is -1.22. The molecule has 2 N–H and O–H groups in total. The van der Waals surface area contributed by atoms with Crippen LogP contribution in [0.1, 0.15) is 33.6 Å². The number of halogens is 1. The van der Waals surface area contributed by atoms with Crippen LogP contribution in [0.3, 0.4) is 0 Å². The maximum absolute atomic E-state index is 5.55. The number of rotatable bonds is 9. The third-order valence-electron chi connectivity index (χ3n) is 4.29. The molecule has 148 valence electrons. The van der Waals surface area contributed by atoms with Gasteiger partial charge in [0.1, 0.15) is 0 Å². The maximum Gasteiger partial charge on any atom is 0.195 e. The van der Waals surface area contributed by atoms with Crippen LogP contribution in [0, 0.1) is 0 Å². The van der Waals surface area contributed by atoms with Gasteiger partial charge in [0, 0.05) is 44.0 Å². The molecular weight excluding hydrogens is 443 g/mol. The number of methoxy groups -OCH3 is 1. The third kappa shape index (κ3) is 6.83. The molecule has 0 saturated heterocycles. The van der Waals surface area contributed by atoms with Gasteiger partial charge in [-0.25, -0.2) is 0 Å². The number of anilines is 1. The molecular formula is C19H33IN4O2. The summed E-state index contributed by atoms with van der Waals surface area (Å²) < 4.78 is 10.9. The highest BCUT2D eigenvalue weighted by Crippen LogP contribution is 2.30. The van der Waals surface area contributed by atoms with Gasteiger partial charge >= 0.3 is 0 Å². The van der Waals surface area contributed by atoms with Crippen molar-refractivity contribution in [3.05, 3.63) is 18.2 Å². The van der Waals surface area contributed by atoms with E-state index in [9.17, 15) is 0 Å². The fourth-order valence-corrected chi connectivity index (χ4v) is 2.91. The number of aliphatic imine (C=N–C) groups is 1. The molecule has 2 rings (SSSR count). The second kappa shape index (κ2) is 11.5. The van der Waals surface area contributed by atoms with E-state index < -0.39 is 0 Å². The molecule has 0 aromatic heterocycles. The van der Waals surface area contributed by atoms with Gasteiger partial charge in [0.05, 0.1) is 13.7 Å². The fourth-order valence-electron chi connectivity index (χ4n) is 2.91. The van der Waals surface area contributed by atoms with Crippen molar-refractivity contribution in [2.75, 3.05) is 39.2 Å². The number of hydrogen-bond acceptors (Lipinski definition) is 4. The summed E-state index contributed by atoms with van der Waals surface area (Å²) in [7, 11) is 3.43. The largest absolute Gasteiger partial charge is 0.493 e. The van der Waals surface area contributed by atoms with E-state index in [1.165, 1.54) is 12.8 Å². The molecule has 6 nitrogen and oxygen atoms in total. The molecule has 1 aliphatic rings. The summed E-state index contributed by atoms with van der Waals surface area (Å²) in [5, 5.41) is 6.69. The quantitative estimate of drug-likeness (QED) is 0.324. The highest BCUT2D eigenvalue weighted by Gasteiger charge is 2.30. The lowest BCUT2D eigenvalue weighted by atomic mass is 10.2. The standard InChI is InChI=1S/C19H32N4O2.HI/c1-6-25-17-10-7-15(13-18(17)24-5)22-19(20-4)21-11-12-23(14(2)3)16-8-9-16;/h7,10,13-14,16H,6,8-9,11-12H2,1-5H3,(H2,20,21,22);1H. The van der Waals surface area contributed by atoms with Crippen molar-refractivity contribution >= 4 is 35.6 Å². The van der Waals surface area contributed by atoms with E-state index in [0.29, 0.717) is 18.4 Å². The normalized spacial score (nSPS) is 14.2. The number of nitrogens with zero attached hydrogens (tertiary/aromatic N) is 2. The van der Waals surface area contributed by atoms with Crippen LogP contribution in [0.4, 0.5) is 5.69 Å². The lowest BCUT2D eigenvalue weighted by molar-refractivity contribution is 0.215. The molecule has 0 unspecified atom stereocenters. The predicted octanol–water partition coefficient (Wildman–Crippen LogP) is 3.57. The van der Waals surface area contributed by atoms with Gasteiger partial charge in [-0.2, -0.15) is 0 Å². The zero-order valence-electron chi connectivity index (χ0n) is 16.5. The third-order valence-corrected chi connectivity index (χ3v) is 4.29. The molecule has 7 heteroatoms. The van der Waals surface area contributed by atoms with Gasteiger partial charge in [0.2, 0.25) is 0 Å². The lowest BCUT2D eigenvalue weighted by Gasteiger charge is -2.26. The van der Waals surface area contributed by atoms with Gasteiger partial charge in [-0.15, -0.1) is 24.0 Å². The number of guanidine groups is 1. The van der Waals surface area contributed by atoms with E-state index >= 15 is 0 Å². The van der Waals surface area contributed by atoms with Crippen molar-refractivity contribution in [2.24, 2.45) is 4.99 Å². The average Bonchev–Trinajstić information content (AvgIpc) is 3.43. The van der Waals surface area contributed by atoms with Crippen LogP contribution in [-0.2, 0) is 0 Å². The molecule has 0 bridgehead atoms. The summed E-state index contributed by atoms with van der Waals surface area (Å²) in [6, 6.07) is 7.14. The molecule has 1 aliphatic carbocycles. The van der Waals surface area contributed by atoms with E-state index in [1.54, 1.807) is 14.2 Å². The van der Waals surface area contributed by atoms with Gasteiger partial charge < -0.3 is 20.1 Å². The number of nitrogens with one attached hydrogen (secondary N) is 2. The Balaban J connectivity index is 0.00000338. The highest BCUT2D eigenvalue weighted by atomic mass is 127. The first-order valence-corrected chi connectivity index (χ1v) is 9.13. The summed E-state index contributed by atoms with van der Waals surface area (Å²) in [4.78, 5) is 6.86. The van der Waals surface area contributed by atoms with E-state index in [1.807, 2.05) is 25.1 Å². The van der Waals surface area contributed by atoms with Crippen LogP contribution in [0.2, 0.25) is 0 Å². The van der Waals surface area contributed by atoms with Gasteiger partial charge in [-0.1, -0.05) is 0 Å². The second-order valence-corrected chi connectivity index (χ2v) is 6.49. The minimum Gasteiger partial charge on any atom is -0.493 e. The van der Waals surface area contributed by atoms with Crippen LogP contribution in [0.5, 0.6) is 11.5 Å². The lowest BCUT2D eigenvalue weighted by Crippen LogP contribution is -2.41. The highest BCUT2D eigenvalue weighted by molar-refractivity contribution is 14.0. The Morgan fingerprint density at radius 2 is 2.04 bits per heavy atom. The van der Waals surface area contributed by atoms with E-state index in [2.05, 4.69) is 34.4 Å². The fraction of sp³-hybridized carbons (Fsp3) is 0.632. The molecule has 1 fully saturated rings. The Morgan fingerprint density at radius 3 is 2.58 bits per heavy atom.